The topological polar surface area (TPSA) is 49.3 Å². The van der Waals surface area contributed by atoms with E-state index < -0.39 is 12.0 Å². The molecule has 4 heteroatoms. The van der Waals surface area contributed by atoms with Crippen molar-refractivity contribution in [1.82, 2.24) is 0 Å². The Labute approximate surface area is 104 Å². The van der Waals surface area contributed by atoms with Crippen LogP contribution in [0.4, 0.5) is 5.69 Å². The summed E-state index contributed by atoms with van der Waals surface area (Å²) in [5.41, 5.74) is 1.88. The number of carboxylic acid groups (broad SMARTS) is 1. The molecule has 0 fully saturated rings. The van der Waals surface area contributed by atoms with Crippen LogP contribution < -0.4 is 5.32 Å². The summed E-state index contributed by atoms with van der Waals surface area (Å²) in [4.78, 5) is 11.3. The molecule has 1 aliphatic heterocycles. The first-order chi connectivity index (χ1) is 8.18. The van der Waals surface area contributed by atoms with E-state index in [2.05, 4.69) is 17.5 Å². The highest BCUT2D eigenvalue weighted by atomic mass is 35.5. The molecule has 3 atom stereocenters. The molecule has 1 aromatic rings. The predicted molar refractivity (Wildman–Crippen MR) is 66.5 cm³/mol. The lowest BCUT2D eigenvalue weighted by Crippen LogP contribution is -2.41. The van der Waals surface area contributed by atoms with E-state index in [0.717, 1.165) is 17.7 Å². The quantitative estimate of drug-likeness (QED) is 0.753. The van der Waals surface area contributed by atoms with Gasteiger partial charge in [0.1, 0.15) is 6.04 Å². The Morgan fingerprint density at radius 1 is 1.47 bits per heavy atom. The Balaban J connectivity index is 2.12. The van der Waals surface area contributed by atoms with Gasteiger partial charge in [0.2, 0.25) is 0 Å². The second-order valence-corrected chi connectivity index (χ2v) is 4.93. The number of carboxylic acids is 1. The molecule has 1 aliphatic carbocycles. The maximum Gasteiger partial charge on any atom is 0.326 e. The first-order valence-corrected chi connectivity index (χ1v) is 6.00. The van der Waals surface area contributed by atoms with Crippen LogP contribution in [0.15, 0.2) is 30.4 Å². The van der Waals surface area contributed by atoms with Gasteiger partial charge in [0.15, 0.2) is 0 Å². The number of nitrogens with one attached hydrogen (secondary N) is 1. The lowest BCUT2D eigenvalue weighted by atomic mass is 9.79. The standard InChI is InChI=1S/C13H12ClNO2/c14-10-6-2-5-8-7-3-1-4-9(7)12(13(16)17)15-11(8)10/h1-3,5-7,9,12,15H,4H2,(H,16,17)/t7-,9-,12+/m0/s1. The van der Waals surface area contributed by atoms with Gasteiger partial charge in [-0.05, 0) is 18.1 Å². The molecule has 88 valence electrons. The number of fused-ring (bicyclic) bond motifs is 3. The normalized spacial score (nSPS) is 29.4. The van der Waals surface area contributed by atoms with Crippen LogP contribution in [0.3, 0.4) is 0 Å². The number of hydrogen-bond acceptors (Lipinski definition) is 2. The second-order valence-electron chi connectivity index (χ2n) is 4.52. The maximum atomic E-state index is 11.3. The van der Waals surface area contributed by atoms with Crippen LogP contribution in [-0.4, -0.2) is 17.1 Å². The smallest absolute Gasteiger partial charge is 0.326 e. The molecular formula is C13H12ClNO2. The molecule has 1 aromatic carbocycles. The molecular weight excluding hydrogens is 238 g/mol. The molecule has 2 aliphatic rings. The molecule has 17 heavy (non-hydrogen) atoms. The summed E-state index contributed by atoms with van der Waals surface area (Å²) in [5.74, 6) is -0.543. The van der Waals surface area contributed by atoms with Gasteiger partial charge in [-0.25, -0.2) is 4.79 Å². The monoisotopic (exact) mass is 249 g/mol. The molecule has 0 saturated heterocycles. The lowest BCUT2D eigenvalue weighted by molar-refractivity contribution is -0.139. The molecule has 0 spiro atoms. The Morgan fingerprint density at radius 3 is 3.06 bits per heavy atom. The molecule has 0 amide bonds. The molecule has 0 aromatic heterocycles. The van der Waals surface area contributed by atoms with Gasteiger partial charge in [-0.15, -0.1) is 0 Å². The largest absolute Gasteiger partial charge is 0.480 e. The van der Waals surface area contributed by atoms with Crippen molar-refractivity contribution in [2.45, 2.75) is 18.4 Å². The summed E-state index contributed by atoms with van der Waals surface area (Å²) >= 11 is 6.12. The zero-order chi connectivity index (χ0) is 12.0. The number of anilines is 1. The highest BCUT2D eigenvalue weighted by Gasteiger charge is 2.41. The molecule has 2 N–H and O–H groups in total. The van der Waals surface area contributed by atoms with E-state index in [1.807, 2.05) is 12.1 Å². The van der Waals surface area contributed by atoms with E-state index in [4.69, 9.17) is 11.6 Å². The third kappa shape index (κ3) is 1.53. The highest BCUT2D eigenvalue weighted by Crippen LogP contribution is 2.46. The van der Waals surface area contributed by atoms with Gasteiger partial charge < -0.3 is 10.4 Å². The lowest BCUT2D eigenvalue weighted by Gasteiger charge is -2.35. The van der Waals surface area contributed by atoms with E-state index >= 15 is 0 Å². The first-order valence-electron chi connectivity index (χ1n) is 5.63. The third-order valence-electron chi connectivity index (χ3n) is 3.61. The van der Waals surface area contributed by atoms with Crippen molar-refractivity contribution in [1.29, 1.82) is 0 Å². The number of benzene rings is 1. The van der Waals surface area contributed by atoms with E-state index in [9.17, 15) is 9.90 Å². The van der Waals surface area contributed by atoms with E-state index in [-0.39, 0.29) is 11.8 Å². The predicted octanol–water partition coefficient (Wildman–Crippen LogP) is 2.88. The summed E-state index contributed by atoms with van der Waals surface area (Å²) in [6.45, 7) is 0. The van der Waals surface area contributed by atoms with Crippen molar-refractivity contribution in [2.75, 3.05) is 5.32 Å². The highest BCUT2D eigenvalue weighted by molar-refractivity contribution is 6.33. The Hall–Kier alpha value is -1.48. The van der Waals surface area contributed by atoms with Crippen molar-refractivity contribution in [3.05, 3.63) is 40.9 Å². The van der Waals surface area contributed by atoms with Gasteiger partial charge in [-0.3, -0.25) is 0 Å². The number of aliphatic carboxylic acids is 1. The van der Waals surface area contributed by atoms with Crippen LogP contribution in [0.5, 0.6) is 0 Å². The molecule has 0 bridgehead atoms. The number of carbonyl (C=O) groups is 1. The van der Waals surface area contributed by atoms with Gasteiger partial charge in [0.25, 0.3) is 0 Å². The van der Waals surface area contributed by atoms with Gasteiger partial charge in [-0.1, -0.05) is 35.9 Å². The molecule has 3 nitrogen and oxygen atoms in total. The van der Waals surface area contributed by atoms with Gasteiger partial charge in [0.05, 0.1) is 10.7 Å². The fraction of sp³-hybridized carbons (Fsp3) is 0.308. The summed E-state index contributed by atoms with van der Waals surface area (Å²) in [7, 11) is 0. The summed E-state index contributed by atoms with van der Waals surface area (Å²) in [6.07, 6.45) is 4.96. The molecule has 0 radical (unpaired) electrons. The minimum absolute atomic E-state index is 0.0958. The zero-order valence-electron chi connectivity index (χ0n) is 9.06. The summed E-state index contributed by atoms with van der Waals surface area (Å²) < 4.78 is 0. The van der Waals surface area contributed by atoms with Crippen LogP contribution in [0, 0.1) is 5.92 Å². The van der Waals surface area contributed by atoms with Gasteiger partial charge in [-0.2, -0.15) is 0 Å². The SMILES string of the molecule is O=C(O)[C@@H]1Nc2c(Cl)cccc2[C@@H]2C=CC[C@H]12. The molecule has 1 heterocycles. The Bertz CT molecular complexity index is 512. The van der Waals surface area contributed by atoms with E-state index in [1.54, 1.807) is 6.07 Å². The van der Waals surface area contributed by atoms with Crippen LogP contribution in [0.2, 0.25) is 5.02 Å². The number of hydrogen-bond donors (Lipinski definition) is 2. The van der Waals surface area contributed by atoms with Crippen LogP contribution in [0.1, 0.15) is 17.9 Å². The van der Waals surface area contributed by atoms with Crippen molar-refractivity contribution in [3.63, 3.8) is 0 Å². The summed E-state index contributed by atoms with van der Waals surface area (Å²) in [5, 5.41) is 12.9. The van der Waals surface area contributed by atoms with E-state index in [0.29, 0.717) is 5.02 Å². The maximum absolute atomic E-state index is 11.3. The minimum atomic E-state index is -0.811. The first kappa shape index (κ1) is 10.7. The van der Waals surface area contributed by atoms with Crippen molar-refractivity contribution < 1.29 is 9.90 Å². The van der Waals surface area contributed by atoms with Crippen LogP contribution in [0.25, 0.3) is 0 Å². The average molecular weight is 250 g/mol. The fourth-order valence-electron chi connectivity index (χ4n) is 2.83. The van der Waals surface area contributed by atoms with Gasteiger partial charge >= 0.3 is 5.97 Å². The number of rotatable bonds is 1. The zero-order valence-corrected chi connectivity index (χ0v) is 9.82. The third-order valence-corrected chi connectivity index (χ3v) is 3.93. The molecule has 3 rings (SSSR count). The molecule has 0 saturated carbocycles. The van der Waals surface area contributed by atoms with Crippen LogP contribution >= 0.6 is 11.6 Å². The second kappa shape index (κ2) is 3.77. The fourth-order valence-corrected chi connectivity index (χ4v) is 3.06. The minimum Gasteiger partial charge on any atom is -0.480 e. The van der Waals surface area contributed by atoms with Gasteiger partial charge in [0, 0.05) is 11.8 Å². The number of para-hydroxylation sites is 1. The Morgan fingerprint density at radius 2 is 2.29 bits per heavy atom. The number of allylic oxidation sites excluding steroid dienone is 2. The molecule has 0 unspecified atom stereocenters. The Kier molecular flexibility index (Phi) is 2.37. The van der Waals surface area contributed by atoms with Crippen molar-refractivity contribution in [2.24, 2.45) is 5.92 Å². The van der Waals surface area contributed by atoms with Crippen molar-refractivity contribution in [3.8, 4) is 0 Å². The summed E-state index contributed by atoms with van der Waals surface area (Å²) in [6, 6.07) is 5.15. The van der Waals surface area contributed by atoms with Crippen molar-refractivity contribution >= 4 is 23.3 Å². The van der Waals surface area contributed by atoms with E-state index in [1.165, 1.54) is 0 Å². The van der Waals surface area contributed by atoms with Crippen LogP contribution in [-0.2, 0) is 4.79 Å². The average Bonchev–Trinajstić information content (AvgIpc) is 2.77. The number of halogens is 1.